The molecule has 10 rings (SSSR count). The Morgan fingerprint density at radius 2 is 1.05 bits per heavy atom. The smallest absolute Gasteiger partial charge is 0.143 e. The lowest BCUT2D eigenvalue weighted by molar-refractivity contribution is 0.590. The average molecular weight is 736 g/mol. The van der Waals surface area contributed by atoms with Crippen molar-refractivity contribution in [2.24, 2.45) is 0 Å². The molecule has 1 aromatic heterocycles. The zero-order valence-electron chi connectivity index (χ0n) is 33.2. The first-order valence-corrected chi connectivity index (χ1v) is 20.0. The number of anilines is 3. The van der Waals surface area contributed by atoms with Gasteiger partial charge < -0.3 is 9.32 Å². The van der Waals surface area contributed by atoms with E-state index in [0.29, 0.717) is 0 Å². The molecule has 0 aliphatic heterocycles. The Morgan fingerprint density at radius 3 is 1.79 bits per heavy atom. The van der Waals surface area contributed by atoms with Crippen LogP contribution in [0.15, 0.2) is 186 Å². The molecule has 0 saturated carbocycles. The summed E-state index contributed by atoms with van der Waals surface area (Å²) in [6.45, 7) is 11.6. The molecular formula is C55H45NO. The second-order valence-electron chi connectivity index (χ2n) is 17.0. The first-order valence-electron chi connectivity index (χ1n) is 20.0. The van der Waals surface area contributed by atoms with Crippen molar-refractivity contribution in [3.8, 4) is 44.5 Å². The molecule has 0 fully saturated rings. The summed E-state index contributed by atoms with van der Waals surface area (Å²) in [5.41, 5.74) is 18.7. The molecule has 0 atom stereocenters. The second-order valence-corrected chi connectivity index (χ2v) is 17.0. The van der Waals surface area contributed by atoms with Crippen LogP contribution in [0.5, 0.6) is 0 Å². The van der Waals surface area contributed by atoms with Crippen LogP contribution in [0.2, 0.25) is 0 Å². The van der Waals surface area contributed by atoms with Crippen molar-refractivity contribution in [3.05, 3.63) is 199 Å². The molecule has 0 radical (unpaired) electrons. The summed E-state index contributed by atoms with van der Waals surface area (Å²) >= 11 is 0. The summed E-state index contributed by atoms with van der Waals surface area (Å²) in [5, 5.41) is 2.30. The molecule has 9 aromatic rings. The number of benzene rings is 8. The molecular weight excluding hydrogens is 691 g/mol. The van der Waals surface area contributed by atoms with E-state index in [9.17, 15) is 0 Å². The molecule has 1 aliphatic carbocycles. The van der Waals surface area contributed by atoms with Crippen LogP contribution in [0.3, 0.4) is 0 Å². The number of rotatable bonds is 6. The fourth-order valence-electron chi connectivity index (χ4n) is 9.11. The molecule has 0 saturated heterocycles. The van der Waals surface area contributed by atoms with Gasteiger partial charge in [0.05, 0.1) is 0 Å². The highest BCUT2D eigenvalue weighted by Crippen LogP contribution is 2.58. The van der Waals surface area contributed by atoms with E-state index in [1.54, 1.807) is 0 Å². The predicted octanol–water partition coefficient (Wildman–Crippen LogP) is 15.7. The Labute approximate surface area is 335 Å². The van der Waals surface area contributed by atoms with Crippen molar-refractivity contribution in [3.63, 3.8) is 0 Å². The molecule has 1 aliphatic rings. The van der Waals surface area contributed by atoms with Crippen molar-refractivity contribution in [1.82, 2.24) is 0 Å². The van der Waals surface area contributed by atoms with Gasteiger partial charge in [0.25, 0.3) is 0 Å². The van der Waals surface area contributed by atoms with E-state index in [-0.39, 0.29) is 10.8 Å². The summed E-state index contributed by atoms with van der Waals surface area (Å²) in [6, 6.07) is 66.2. The van der Waals surface area contributed by atoms with Crippen molar-refractivity contribution in [1.29, 1.82) is 0 Å². The summed E-state index contributed by atoms with van der Waals surface area (Å²) in [7, 11) is 0. The van der Waals surface area contributed by atoms with Crippen molar-refractivity contribution >= 4 is 39.0 Å². The van der Waals surface area contributed by atoms with E-state index in [0.717, 1.165) is 39.0 Å². The van der Waals surface area contributed by atoms with Gasteiger partial charge in [-0.2, -0.15) is 0 Å². The lowest BCUT2D eigenvalue weighted by atomic mass is 9.78. The van der Waals surface area contributed by atoms with Gasteiger partial charge in [-0.05, 0) is 110 Å². The third-order valence-corrected chi connectivity index (χ3v) is 12.0. The minimum absolute atomic E-state index is 0.0752. The summed E-state index contributed by atoms with van der Waals surface area (Å²) in [6.07, 6.45) is 0. The van der Waals surface area contributed by atoms with E-state index < -0.39 is 0 Å². The van der Waals surface area contributed by atoms with Crippen LogP contribution in [0.1, 0.15) is 51.3 Å². The van der Waals surface area contributed by atoms with Gasteiger partial charge in [0, 0.05) is 38.8 Å². The van der Waals surface area contributed by atoms with E-state index in [2.05, 4.69) is 222 Å². The molecule has 0 unspecified atom stereocenters. The Balaban J connectivity index is 1.18. The third kappa shape index (κ3) is 5.78. The molecule has 0 bridgehead atoms. The van der Waals surface area contributed by atoms with Crippen molar-refractivity contribution in [2.75, 3.05) is 4.90 Å². The molecule has 0 N–H and O–H groups in total. The molecule has 2 heteroatoms. The van der Waals surface area contributed by atoms with E-state index >= 15 is 0 Å². The SMILES string of the molecule is CC(C)(C)c1ccc(-c2cc3c(oc4ccccc43)c3c2C(C)(C)c2cccc(-c4cccc(N(c5ccccc5)c5ccc(-c6ccccc6)cc5)c4)c2-3)cc1. The zero-order chi connectivity index (χ0) is 38.9. The fraction of sp³-hybridized carbons (Fsp3) is 0.127. The first kappa shape index (κ1) is 34.8. The van der Waals surface area contributed by atoms with Crippen LogP contribution < -0.4 is 4.90 Å². The average Bonchev–Trinajstić information content (AvgIpc) is 3.73. The molecule has 0 amide bonds. The Morgan fingerprint density at radius 1 is 0.456 bits per heavy atom. The highest BCUT2D eigenvalue weighted by molar-refractivity contribution is 6.16. The largest absolute Gasteiger partial charge is 0.455 e. The number of para-hydroxylation sites is 2. The predicted molar refractivity (Wildman–Crippen MR) is 241 cm³/mol. The number of nitrogens with zero attached hydrogens (tertiary/aromatic N) is 1. The number of furan rings is 1. The van der Waals surface area contributed by atoms with E-state index in [4.69, 9.17) is 4.42 Å². The molecule has 57 heavy (non-hydrogen) atoms. The normalized spacial score (nSPS) is 13.1. The Kier molecular flexibility index (Phi) is 8.09. The molecule has 8 aromatic carbocycles. The third-order valence-electron chi connectivity index (χ3n) is 12.0. The van der Waals surface area contributed by atoms with Crippen molar-refractivity contribution < 1.29 is 4.42 Å². The van der Waals surface area contributed by atoms with Gasteiger partial charge in [0.2, 0.25) is 0 Å². The van der Waals surface area contributed by atoms with Crippen molar-refractivity contribution in [2.45, 2.75) is 45.4 Å². The van der Waals surface area contributed by atoms with E-state index in [1.807, 2.05) is 0 Å². The maximum Gasteiger partial charge on any atom is 0.143 e. The molecule has 2 nitrogen and oxygen atoms in total. The van der Waals surface area contributed by atoms with Gasteiger partial charge in [-0.15, -0.1) is 0 Å². The lowest BCUT2D eigenvalue weighted by Crippen LogP contribution is -2.16. The van der Waals surface area contributed by atoms with Crippen LogP contribution in [0.4, 0.5) is 17.1 Å². The Hall–Kier alpha value is -6.64. The molecule has 0 spiro atoms. The monoisotopic (exact) mass is 735 g/mol. The summed E-state index contributed by atoms with van der Waals surface area (Å²) in [4.78, 5) is 2.36. The quantitative estimate of drug-likeness (QED) is 0.169. The fourth-order valence-corrected chi connectivity index (χ4v) is 9.11. The molecule has 276 valence electrons. The number of hydrogen-bond donors (Lipinski definition) is 0. The number of hydrogen-bond acceptors (Lipinski definition) is 2. The number of fused-ring (bicyclic) bond motifs is 7. The van der Waals surface area contributed by atoms with Crippen LogP contribution in [-0.4, -0.2) is 0 Å². The van der Waals surface area contributed by atoms with Crippen LogP contribution in [-0.2, 0) is 10.8 Å². The van der Waals surface area contributed by atoms with Gasteiger partial charge in [-0.3, -0.25) is 0 Å². The maximum atomic E-state index is 6.90. The molecule has 1 heterocycles. The van der Waals surface area contributed by atoms with Crippen LogP contribution in [0, 0.1) is 0 Å². The maximum absolute atomic E-state index is 6.90. The highest BCUT2D eigenvalue weighted by Gasteiger charge is 2.41. The lowest BCUT2D eigenvalue weighted by Gasteiger charge is -2.26. The topological polar surface area (TPSA) is 16.4 Å². The first-order chi connectivity index (χ1) is 27.7. The van der Waals surface area contributed by atoms with Gasteiger partial charge >= 0.3 is 0 Å². The standard InChI is InChI=1S/C55H45NO/c1-54(2,3)40-30-26-38(27-31-40)46-35-47-45-22-12-13-25-49(45)57-53(47)51-50-44(23-15-24-48(50)55(4,5)52(46)51)39-18-14-21-43(34-39)56(41-19-10-7-11-20-41)42-32-28-37(29-33-42)36-16-8-6-9-17-36/h6-35H,1-5H3. The highest BCUT2D eigenvalue weighted by atomic mass is 16.3. The van der Waals surface area contributed by atoms with Crippen LogP contribution >= 0.6 is 0 Å². The van der Waals surface area contributed by atoms with Gasteiger partial charge in [-0.25, -0.2) is 0 Å². The minimum Gasteiger partial charge on any atom is -0.455 e. The summed E-state index contributed by atoms with van der Waals surface area (Å²) < 4.78 is 6.90. The zero-order valence-corrected chi connectivity index (χ0v) is 33.2. The van der Waals surface area contributed by atoms with Gasteiger partial charge in [0.15, 0.2) is 0 Å². The summed E-state index contributed by atoms with van der Waals surface area (Å²) in [5.74, 6) is 0. The van der Waals surface area contributed by atoms with Gasteiger partial charge in [-0.1, -0.05) is 168 Å². The van der Waals surface area contributed by atoms with Gasteiger partial charge in [0.1, 0.15) is 11.2 Å². The van der Waals surface area contributed by atoms with Crippen LogP contribution in [0.25, 0.3) is 66.4 Å². The Bertz CT molecular complexity index is 2930. The minimum atomic E-state index is -0.278. The van der Waals surface area contributed by atoms with E-state index in [1.165, 1.54) is 61.2 Å². The second kappa shape index (κ2) is 13.2.